The van der Waals surface area contributed by atoms with Gasteiger partial charge in [0, 0.05) is 13.1 Å². The van der Waals surface area contributed by atoms with Gasteiger partial charge in [-0.3, -0.25) is 0 Å². The van der Waals surface area contributed by atoms with Crippen molar-refractivity contribution in [1.29, 1.82) is 0 Å². The number of aliphatic imine (C=N–C) groups is 1. The molecule has 0 unspecified atom stereocenters. The van der Waals surface area contributed by atoms with Crippen molar-refractivity contribution in [1.82, 2.24) is 15.5 Å². The fraction of sp³-hybridized carbons (Fsp3) is 0.722. The largest absolute Gasteiger partial charge is 0.357 e. The summed E-state index contributed by atoms with van der Waals surface area (Å²) in [4.78, 5) is 7.26. The summed E-state index contributed by atoms with van der Waals surface area (Å²) in [6.07, 6.45) is 5.22. The summed E-state index contributed by atoms with van der Waals surface area (Å²) in [5.74, 6) is 1.86. The Hall–Kier alpha value is -0.340. The van der Waals surface area contributed by atoms with Crippen molar-refractivity contribution in [3.8, 4) is 0 Å². The summed E-state index contributed by atoms with van der Waals surface area (Å²) in [6, 6.07) is 2.14. The van der Waals surface area contributed by atoms with E-state index in [1.54, 1.807) is 11.3 Å². The molecule has 1 aliphatic heterocycles. The molecule has 1 aliphatic rings. The molecule has 138 valence electrons. The molecular formula is C18H33IN4S. The molecule has 2 heterocycles. The lowest BCUT2D eigenvalue weighted by Gasteiger charge is -2.30. The van der Waals surface area contributed by atoms with Gasteiger partial charge in [0.15, 0.2) is 5.96 Å². The first kappa shape index (κ1) is 21.7. The number of guanidine groups is 1. The maximum atomic E-state index is 4.64. The molecule has 1 aromatic rings. The van der Waals surface area contributed by atoms with Gasteiger partial charge in [0.05, 0.1) is 6.54 Å². The van der Waals surface area contributed by atoms with Crippen LogP contribution in [-0.2, 0) is 6.54 Å². The second kappa shape index (κ2) is 12.9. The predicted octanol–water partition coefficient (Wildman–Crippen LogP) is 3.93. The lowest BCUT2D eigenvalue weighted by atomic mass is 9.99. The SMILES string of the molecule is CCNC(=NCc1ccsc1)NCCCCN1CCC(C)CC1.I. The van der Waals surface area contributed by atoms with Crippen molar-refractivity contribution < 1.29 is 0 Å². The lowest BCUT2D eigenvalue weighted by Crippen LogP contribution is -2.38. The van der Waals surface area contributed by atoms with Gasteiger partial charge in [0.25, 0.3) is 0 Å². The van der Waals surface area contributed by atoms with Crippen LogP contribution in [-0.4, -0.2) is 43.6 Å². The van der Waals surface area contributed by atoms with E-state index >= 15 is 0 Å². The van der Waals surface area contributed by atoms with E-state index in [1.165, 1.54) is 50.9 Å². The molecule has 0 spiro atoms. The van der Waals surface area contributed by atoms with E-state index in [-0.39, 0.29) is 24.0 Å². The van der Waals surface area contributed by atoms with E-state index in [9.17, 15) is 0 Å². The highest BCUT2D eigenvalue weighted by Gasteiger charge is 2.14. The molecule has 0 atom stereocenters. The molecule has 1 fully saturated rings. The Labute approximate surface area is 168 Å². The van der Waals surface area contributed by atoms with Crippen LogP contribution >= 0.6 is 35.3 Å². The molecule has 0 aromatic carbocycles. The fourth-order valence-corrected chi connectivity index (χ4v) is 3.51. The standard InChI is InChI=1S/C18H32N4S.HI/c1-3-19-18(21-14-17-8-13-23-15-17)20-9-4-5-10-22-11-6-16(2)7-12-22;/h8,13,15-16H,3-7,9-12,14H2,1-2H3,(H2,19,20,21);1H. The molecule has 0 saturated carbocycles. The smallest absolute Gasteiger partial charge is 0.191 e. The van der Waals surface area contributed by atoms with Gasteiger partial charge in [0.2, 0.25) is 0 Å². The van der Waals surface area contributed by atoms with Crippen LogP contribution in [0.2, 0.25) is 0 Å². The molecule has 1 saturated heterocycles. The van der Waals surface area contributed by atoms with Crippen LogP contribution in [0.4, 0.5) is 0 Å². The van der Waals surface area contributed by atoms with Crippen molar-refractivity contribution >= 4 is 41.3 Å². The van der Waals surface area contributed by atoms with Crippen molar-refractivity contribution in [3.05, 3.63) is 22.4 Å². The van der Waals surface area contributed by atoms with Crippen molar-refractivity contribution in [2.75, 3.05) is 32.7 Å². The zero-order valence-electron chi connectivity index (χ0n) is 15.1. The summed E-state index contributed by atoms with van der Waals surface area (Å²) < 4.78 is 0. The highest BCUT2D eigenvalue weighted by Crippen LogP contribution is 2.16. The van der Waals surface area contributed by atoms with E-state index < -0.39 is 0 Å². The minimum atomic E-state index is 0. The normalized spacial score (nSPS) is 16.7. The third-order valence-electron chi connectivity index (χ3n) is 4.41. The van der Waals surface area contributed by atoms with Gasteiger partial charge in [-0.25, -0.2) is 4.99 Å². The first-order valence-electron chi connectivity index (χ1n) is 9.03. The summed E-state index contributed by atoms with van der Waals surface area (Å²) in [5.41, 5.74) is 1.28. The molecule has 0 amide bonds. The number of nitrogens with zero attached hydrogens (tertiary/aromatic N) is 2. The number of hydrogen-bond donors (Lipinski definition) is 2. The van der Waals surface area contributed by atoms with Gasteiger partial charge in [-0.05, 0) is 80.5 Å². The fourth-order valence-electron chi connectivity index (χ4n) is 2.85. The minimum absolute atomic E-state index is 0. The maximum Gasteiger partial charge on any atom is 0.191 e. The number of thiophene rings is 1. The van der Waals surface area contributed by atoms with Gasteiger partial charge in [-0.15, -0.1) is 24.0 Å². The molecule has 24 heavy (non-hydrogen) atoms. The number of rotatable bonds is 8. The van der Waals surface area contributed by atoms with E-state index in [0.29, 0.717) is 0 Å². The Morgan fingerprint density at radius 1 is 1.29 bits per heavy atom. The predicted molar refractivity (Wildman–Crippen MR) is 117 cm³/mol. The van der Waals surface area contributed by atoms with E-state index in [2.05, 4.69) is 51.2 Å². The second-order valence-electron chi connectivity index (χ2n) is 6.48. The summed E-state index contributed by atoms with van der Waals surface area (Å²) in [5, 5.41) is 11.0. The Morgan fingerprint density at radius 2 is 2.08 bits per heavy atom. The zero-order chi connectivity index (χ0) is 16.3. The Bertz CT molecular complexity index is 442. The Kier molecular flexibility index (Phi) is 11.7. The average Bonchev–Trinajstić information content (AvgIpc) is 3.07. The molecule has 0 radical (unpaired) electrons. The van der Waals surface area contributed by atoms with Crippen LogP contribution in [0.25, 0.3) is 0 Å². The molecule has 0 aliphatic carbocycles. The maximum absolute atomic E-state index is 4.64. The van der Waals surface area contributed by atoms with Gasteiger partial charge in [0.1, 0.15) is 0 Å². The van der Waals surface area contributed by atoms with Crippen LogP contribution in [0.3, 0.4) is 0 Å². The number of likely N-dealkylation sites (tertiary alicyclic amines) is 1. The highest BCUT2D eigenvalue weighted by atomic mass is 127. The topological polar surface area (TPSA) is 39.7 Å². The Morgan fingerprint density at radius 3 is 2.75 bits per heavy atom. The number of nitrogens with one attached hydrogen (secondary N) is 2. The molecule has 1 aromatic heterocycles. The van der Waals surface area contributed by atoms with Crippen LogP contribution in [0.1, 0.15) is 45.1 Å². The third kappa shape index (κ3) is 8.67. The van der Waals surface area contributed by atoms with Crippen molar-refractivity contribution in [2.24, 2.45) is 10.9 Å². The lowest BCUT2D eigenvalue weighted by molar-refractivity contribution is 0.189. The number of hydrogen-bond acceptors (Lipinski definition) is 3. The van der Waals surface area contributed by atoms with Gasteiger partial charge < -0.3 is 15.5 Å². The molecule has 2 rings (SSSR count). The first-order valence-corrected chi connectivity index (χ1v) is 9.98. The van der Waals surface area contributed by atoms with Crippen LogP contribution < -0.4 is 10.6 Å². The summed E-state index contributed by atoms with van der Waals surface area (Å²) >= 11 is 1.73. The number of halogens is 1. The summed E-state index contributed by atoms with van der Waals surface area (Å²) in [6.45, 7) is 11.0. The van der Waals surface area contributed by atoms with Gasteiger partial charge in [-0.1, -0.05) is 6.92 Å². The monoisotopic (exact) mass is 464 g/mol. The van der Waals surface area contributed by atoms with Gasteiger partial charge in [-0.2, -0.15) is 11.3 Å². The van der Waals surface area contributed by atoms with Gasteiger partial charge >= 0.3 is 0 Å². The van der Waals surface area contributed by atoms with Crippen LogP contribution in [0.15, 0.2) is 21.8 Å². The van der Waals surface area contributed by atoms with Crippen LogP contribution in [0, 0.1) is 5.92 Å². The minimum Gasteiger partial charge on any atom is -0.357 e. The Balaban J connectivity index is 0.00000288. The molecule has 0 bridgehead atoms. The van der Waals surface area contributed by atoms with E-state index in [1.807, 2.05) is 0 Å². The molecule has 4 nitrogen and oxygen atoms in total. The zero-order valence-corrected chi connectivity index (χ0v) is 18.2. The summed E-state index contributed by atoms with van der Waals surface area (Å²) in [7, 11) is 0. The first-order chi connectivity index (χ1) is 11.3. The number of unbranched alkanes of at least 4 members (excludes halogenated alkanes) is 1. The number of piperidine rings is 1. The van der Waals surface area contributed by atoms with Crippen LogP contribution in [0.5, 0.6) is 0 Å². The van der Waals surface area contributed by atoms with Crippen molar-refractivity contribution in [2.45, 2.75) is 46.1 Å². The van der Waals surface area contributed by atoms with E-state index in [4.69, 9.17) is 0 Å². The van der Waals surface area contributed by atoms with E-state index in [0.717, 1.165) is 31.5 Å². The molecule has 6 heteroatoms. The molecular weight excluding hydrogens is 431 g/mol. The third-order valence-corrected chi connectivity index (χ3v) is 5.15. The quantitative estimate of drug-likeness (QED) is 0.265. The van der Waals surface area contributed by atoms with Crippen molar-refractivity contribution in [3.63, 3.8) is 0 Å². The highest BCUT2D eigenvalue weighted by molar-refractivity contribution is 14.0. The second-order valence-corrected chi connectivity index (χ2v) is 7.26. The molecule has 2 N–H and O–H groups in total. The average molecular weight is 464 g/mol.